The van der Waals surface area contributed by atoms with Gasteiger partial charge in [-0.05, 0) is 12.5 Å². The molecule has 0 spiro atoms. The second-order valence-electron chi connectivity index (χ2n) is 4.00. The summed E-state index contributed by atoms with van der Waals surface area (Å²) in [5.74, 6) is 1.15. The molecule has 2 rings (SSSR count). The Morgan fingerprint density at radius 3 is 3.31 bits per heavy atom. The van der Waals surface area contributed by atoms with Crippen LogP contribution in [-0.2, 0) is 11.3 Å². The molecule has 16 heavy (non-hydrogen) atoms. The van der Waals surface area contributed by atoms with E-state index in [2.05, 4.69) is 10.3 Å². The fraction of sp³-hybridized carbons (Fsp3) is 0.500. The second-order valence-corrected chi connectivity index (χ2v) is 4.00. The Labute approximate surface area is 95.7 Å². The van der Waals surface area contributed by atoms with E-state index < -0.39 is 0 Å². The smallest absolute Gasteiger partial charge is 0.222 e. The SMILES string of the molecule is CCCC(=O)N1CCNc2ncccc2C1. The highest BCUT2D eigenvalue weighted by molar-refractivity contribution is 5.76. The molecule has 0 radical (unpaired) electrons. The lowest BCUT2D eigenvalue weighted by Crippen LogP contribution is -2.32. The summed E-state index contributed by atoms with van der Waals surface area (Å²) in [6.07, 6.45) is 3.31. The number of nitrogens with zero attached hydrogens (tertiary/aromatic N) is 2. The van der Waals surface area contributed by atoms with E-state index in [4.69, 9.17) is 0 Å². The summed E-state index contributed by atoms with van der Waals surface area (Å²) in [6.45, 7) is 4.24. The highest BCUT2D eigenvalue weighted by Gasteiger charge is 2.17. The van der Waals surface area contributed by atoms with Gasteiger partial charge in [0.15, 0.2) is 0 Å². The van der Waals surface area contributed by atoms with E-state index in [0.717, 1.165) is 30.9 Å². The summed E-state index contributed by atoms with van der Waals surface area (Å²) in [7, 11) is 0. The zero-order valence-electron chi connectivity index (χ0n) is 9.57. The van der Waals surface area contributed by atoms with Crippen molar-refractivity contribution in [2.45, 2.75) is 26.3 Å². The Balaban J connectivity index is 2.13. The third-order valence-electron chi connectivity index (χ3n) is 2.74. The van der Waals surface area contributed by atoms with Gasteiger partial charge in [0, 0.05) is 37.8 Å². The van der Waals surface area contributed by atoms with E-state index in [1.54, 1.807) is 6.20 Å². The van der Waals surface area contributed by atoms with Crippen LogP contribution in [0.3, 0.4) is 0 Å². The zero-order chi connectivity index (χ0) is 11.4. The first-order chi connectivity index (χ1) is 7.81. The van der Waals surface area contributed by atoms with Gasteiger partial charge in [-0.3, -0.25) is 4.79 Å². The third-order valence-corrected chi connectivity index (χ3v) is 2.74. The topological polar surface area (TPSA) is 45.2 Å². The number of pyridine rings is 1. The van der Waals surface area contributed by atoms with Gasteiger partial charge < -0.3 is 10.2 Å². The minimum Gasteiger partial charge on any atom is -0.368 e. The lowest BCUT2D eigenvalue weighted by molar-refractivity contribution is -0.131. The quantitative estimate of drug-likeness (QED) is 0.822. The minimum absolute atomic E-state index is 0.237. The normalized spacial score (nSPS) is 14.9. The molecule has 0 aromatic carbocycles. The molecule has 1 N–H and O–H groups in total. The number of amides is 1. The average Bonchev–Trinajstić information content (AvgIpc) is 2.51. The maximum absolute atomic E-state index is 11.8. The molecule has 0 saturated carbocycles. The largest absolute Gasteiger partial charge is 0.368 e. The lowest BCUT2D eigenvalue weighted by atomic mass is 10.2. The van der Waals surface area contributed by atoms with E-state index >= 15 is 0 Å². The number of fused-ring (bicyclic) bond motifs is 1. The molecule has 0 unspecified atom stereocenters. The number of anilines is 1. The summed E-state index contributed by atoms with van der Waals surface area (Å²) in [5.41, 5.74) is 1.10. The number of carbonyl (C=O) groups excluding carboxylic acids is 1. The van der Waals surface area contributed by atoms with E-state index in [-0.39, 0.29) is 5.91 Å². The van der Waals surface area contributed by atoms with Crippen LogP contribution < -0.4 is 5.32 Å². The molecule has 0 fully saturated rings. The summed E-state index contributed by atoms with van der Waals surface area (Å²) >= 11 is 0. The summed E-state index contributed by atoms with van der Waals surface area (Å²) in [6, 6.07) is 3.93. The molecule has 1 aliphatic rings. The molecule has 4 heteroatoms. The fourth-order valence-electron chi connectivity index (χ4n) is 1.90. The van der Waals surface area contributed by atoms with Crippen LogP contribution in [0.15, 0.2) is 18.3 Å². The van der Waals surface area contributed by atoms with Crippen LogP contribution in [0.4, 0.5) is 5.82 Å². The number of aromatic nitrogens is 1. The van der Waals surface area contributed by atoms with Gasteiger partial charge in [-0.2, -0.15) is 0 Å². The fourth-order valence-corrected chi connectivity index (χ4v) is 1.90. The molecular weight excluding hydrogens is 202 g/mol. The van der Waals surface area contributed by atoms with Crippen molar-refractivity contribution in [1.82, 2.24) is 9.88 Å². The standard InChI is InChI=1S/C12H17N3O/c1-2-4-11(16)15-8-7-14-12-10(9-15)5-3-6-13-12/h3,5-6H,2,4,7-9H2,1H3,(H,13,14). The summed E-state index contributed by atoms with van der Waals surface area (Å²) in [5, 5.41) is 3.25. The number of carbonyl (C=O) groups is 1. The van der Waals surface area contributed by atoms with Crippen molar-refractivity contribution < 1.29 is 4.79 Å². The van der Waals surface area contributed by atoms with Crippen molar-refractivity contribution in [1.29, 1.82) is 0 Å². The first-order valence-corrected chi connectivity index (χ1v) is 5.77. The molecular formula is C12H17N3O. The maximum atomic E-state index is 11.8. The molecule has 0 aliphatic carbocycles. The Hall–Kier alpha value is -1.58. The van der Waals surface area contributed by atoms with Gasteiger partial charge in [-0.25, -0.2) is 4.98 Å². The van der Waals surface area contributed by atoms with Crippen molar-refractivity contribution >= 4 is 11.7 Å². The van der Waals surface area contributed by atoms with E-state index in [1.165, 1.54) is 0 Å². The monoisotopic (exact) mass is 219 g/mol. The van der Waals surface area contributed by atoms with Gasteiger partial charge >= 0.3 is 0 Å². The first-order valence-electron chi connectivity index (χ1n) is 5.77. The average molecular weight is 219 g/mol. The van der Waals surface area contributed by atoms with Crippen molar-refractivity contribution in [3.05, 3.63) is 23.9 Å². The van der Waals surface area contributed by atoms with Crippen LogP contribution in [0.1, 0.15) is 25.3 Å². The van der Waals surface area contributed by atoms with Crippen molar-refractivity contribution in [2.75, 3.05) is 18.4 Å². The summed E-state index contributed by atoms with van der Waals surface area (Å²) < 4.78 is 0. The molecule has 86 valence electrons. The molecule has 1 aromatic heterocycles. The maximum Gasteiger partial charge on any atom is 0.222 e. The van der Waals surface area contributed by atoms with E-state index in [1.807, 2.05) is 24.0 Å². The Kier molecular flexibility index (Phi) is 3.39. The van der Waals surface area contributed by atoms with Gasteiger partial charge in [0.2, 0.25) is 5.91 Å². The van der Waals surface area contributed by atoms with Crippen LogP contribution in [0, 0.1) is 0 Å². The lowest BCUT2D eigenvalue weighted by Gasteiger charge is -2.19. The first kappa shape index (κ1) is 10.9. The van der Waals surface area contributed by atoms with Gasteiger partial charge in [0.05, 0.1) is 0 Å². The number of rotatable bonds is 2. The van der Waals surface area contributed by atoms with Crippen molar-refractivity contribution in [3.63, 3.8) is 0 Å². The zero-order valence-corrected chi connectivity index (χ0v) is 9.57. The number of hydrogen-bond acceptors (Lipinski definition) is 3. The molecule has 0 saturated heterocycles. The molecule has 0 bridgehead atoms. The molecule has 2 heterocycles. The van der Waals surface area contributed by atoms with Gasteiger partial charge in [0.1, 0.15) is 5.82 Å². The number of hydrogen-bond donors (Lipinski definition) is 1. The molecule has 4 nitrogen and oxygen atoms in total. The molecule has 0 atom stereocenters. The highest BCUT2D eigenvalue weighted by atomic mass is 16.2. The minimum atomic E-state index is 0.237. The predicted molar refractivity (Wildman–Crippen MR) is 63.1 cm³/mol. The van der Waals surface area contributed by atoms with Crippen LogP contribution in [0.2, 0.25) is 0 Å². The van der Waals surface area contributed by atoms with Crippen molar-refractivity contribution in [3.8, 4) is 0 Å². The van der Waals surface area contributed by atoms with E-state index in [9.17, 15) is 4.79 Å². The molecule has 1 aromatic rings. The van der Waals surface area contributed by atoms with Crippen LogP contribution in [0.5, 0.6) is 0 Å². The number of nitrogens with one attached hydrogen (secondary N) is 1. The Morgan fingerprint density at radius 2 is 2.50 bits per heavy atom. The summed E-state index contributed by atoms with van der Waals surface area (Å²) in [4.78, 5) is 18.0. The Morgan fingerprint density at radius 1 is 1.62 bits per heavy atom. The van der Waals surface area contributed by atoms with E-state index in [0.29, 0.717) is 13.0 Å². The predicted octanol–water partition coefficient (Wildman–Crippen LogP) is 1.64. The Bertz CT molecular complexity index is 378. The van der Waals surface area contributed by atoms with Crippen LogP contribution in [0.25, 0.3) is 0 Å². The van der Waals surface area contributed by atoms with Gasteiger partial charge in [-0.15, -0.1) is 0 Å². The van der Waals surface area contributed by atoms with Gasteiger partial charge in [0.25, 0.3) is 0 Å². The highest BCUT2D eigenvalue weighted by Crippen LogP contribution is 2.17. The van der Waals surface area contributed by atoms with Crippen LogP contribution in [-0.4, -0.2) is 28.9 Å². The third kappa shape index (κ3) is 2.32. The van der Waals surface area contributed by atoms with Crippen LogP contribution >= 0.6 is 0 Å². The second kappa shape index (κ2) is 4.96. The van der Waals surface area contributed by atoms with Gasteiger partial charge in [-0.1, -0.05) is 13.0 Å². The molecule has 1 amide bonds. The molecule has 1 aliphatic heterocycles. The van der Waals surface area contributed by atoms with Crippen molar-refractivity contribution in [2.24, 2.45) is 0 Å².